The van der Waals surface area contributed by atoms with Gasteiger partial charge >= 0.3 is 6.36 Å². The Hall–Kier alpha value is -1.76. The van der Waals surface area contributed by atoms with Crippen molar-refractivity contribution < 1.29 is 27.9 Å². The van der Waals surface area contributed by atoms with Gasteiger partial charge in [-0.1, -0.05) is 0 Å². The average molecular weight is 221 g/mol. The highest BCUT2D eigenvalue weighted by Crippen LogP contribution is 2.22. The molecule has 0 aromatic heterocycles. The maximum atomic E-state index is 11.7. The number of hydrogen-bond acceptors (Lipinski definition) is 3. The Morgan fingerprint density at radius 1 is 1.27 bits per heavy atom. The van der Waals surface area contributed by atoms with Crippen molar-refractivity contribution >= 4 is 5.91 Å². The summed E-state index contributed by atoms with van der Waals surface area (Å²) in [6.45, 7) is 0. The minimum atomic E-state index is -4.76. The zero-order valence-electron chi connectivity index (χ0n) is 7.21. The molecule has 0 aliphatic heterocycles. The Balaban J connectivity index is 2.77. The summed E-state index contributed by atoms with van der Waals surface area (Å²) in [6.07, 6.45) is -4.76. The molecule has 0 spiro atoms. The summed E-state index contributed by atoms with van der Waals surface area (Å²) in [4.78, 5) is 10.8. The van der Waals surface area contributed by atoms with Crippen LogP contribution in [0.15, 0.2) is 24.3 Å². The van der Waals surface area contributed by atoms with Gasteiger partial charge in [-0.2, -0.15) is 0 Å². The van der Waals surface area contributed by atoms with Crippen LogP contribution in [0.1, 0.15) is 10.4 Å². The molecule has 0 saturated heterocycles. The second-order valence-corrected chi connectivity index (χ2v) is 2.51. The lowest BCUT2D eigenvalue weighted by atomic mass is 10.2. The molecular weight excluding hydrogens is 215 g/mol. The van der Waals surface area contributed by atoms with Crippen LogP contribution in [0, 0.1) is 0 Å². The van der Waals surface area contributed by atoms with Crippen LogP contribution in [0.4, 0.5) is 13.2 Å². The maximum absolute atomic E-state index is 11.7. The van der Waals surface area contributed by atoms with Crippen molar-refractivity contribution in [1.82, 2.24) is 5.48 Å². The van der Waals surface area contributed by atoms with Crippen molar-refractivity contribution in [3.05, 3.63) is 29.8 Å². The van der Waals surface area contributed by atoms with Crippen molar-refractivity contribution in [1.29, 1.82) is 0 Å². The summed E-state index contributed by atoms with van der Waals surface area (Å²) in [7, 11) is 0. The normalized spacial score (nSPS) is 10.9. The Labute approximate surface area is 82.2 Å². The second kappa shape index (κ2) is 4.18. The fourth-order valence-electron chi connectivity index (χ4n) is 0.873. The van der Waals surface area contributed by atoms with E-state index in [1.54, 1.807) is 0 Å². The van der Waals surface area contributed by atoms with E-state index in [1.807, 2.05) is 0 Å². The van der Waals surface area contributed by atoms with E-state index >= 15 is 0 Å². The van der Waals surface area contributed by atoms with Crippen LogP contribution in [0.3, 0.4) is 0 Å². The zero-order valence-corrected chi connectivity index (χ0v) is 7.21. The van der Waals surface area contributed by atoms with E-state index in [4.69, 9.17) is 5.21 Å². The van der Waals surface area contributed by atoms with Crippen LogP contribution in [-0.2, 0) is 0 Å². The smallest absolute Gasteiger partial charge is 0.406 e. The van der Waals surface area contributed by atoms with Gasteiger partial charge in [-0.05, 0) is 24.3 Å². The molecule has 1 aromatic rings. The number of hydroxylamine groups is 1. The fraction of sp³-hybridized carbons (Fsp3) is 0.125. The van der Waals surface area contributed by atoms with Crippen LogP contribution >= 0.6 is 0 Å². The number of carbonyl (C=O) groups excluding carboxylic acids is 1. The average Bonchev–Trinajstić information content (AvgIpc) is 2.15. The van der Waals surface area contributed by atoms with E-state index in [0.29, 0.717) is 0 Å². The Kier molecular flexibility index (Phi) is 3.15. The molecule has 0 unspecified atom stereocenters. The second-order valence-electron chi connectivity index (χ2n) is 2.51. The van der Waals surface area contributed by atoms with Gasteiger partial charge in [-0.25, -0.2) is 5.48 Å². The van der Waals surface area contributed by atoms with Gasteiger partial charge in [0.1, 0.15) is 5.75 Å². The summed E-state index contributed by atoms with van der Waals surface area (Å²) in [5.74, 6) is -1.24. The number of halogens is 3. The lowest BCUT2D eigenvalue weighted by Gasteiger charge is -2.08. The number of alkyl halides is 3. The number of nitrogens with one attached hydrogen (secondary N) is 1. The molecule has 0 aliphatic rings. The monoisotopic (exact) mass is 221 g/mol. The van der Waals surface area contributed by atoms with E-state index in [0.717, 1.165) is 24.3 Å². The summed E-state index contributed by atoms with van der Waals surface area (Å²) < 4.78 is 38.8. The van der Waals surface area contributed by atoms with E-state index < -0.39 is 18.0 Å². The Morgan fingerprint density at radius 2 is 1.80 bits per heavy atom. The van der Waals surface area contributed by atoms with Crippen molar-refractivity contribution in [2.45, 2.75) is 6.36 Å². The van der Waals surface area contributed by atoms with Gasteiger partial charge < -0.3 is 4.74 Å². The molecule has 82 valence electrons. The first kappa shape index (κ1) is 11.3. The molecule has 0 radical (unpaired) electrons. The molecule has 0 aliphatic carbocycles. The third-order valence-corrected chi connectivity index (χ3v) is 1.45. The number of amides is 1. The number of rotatable bonds is 2. The van der Waals surface area contributed by atoms with Crippen LogP contribution < -0.4 is 10.2 Å². The third-order valence-electron chi connectivity index (χ3n) is 1.45. The van der Waals surface area contributed by atoms with E-state index in [2.05, 4.69) is 4.74 Å². The minimum absolute atomic E-state index is 0.0204. The van der Waals surface area contributed by atoms with Crippen molar-refractivity contribution in [3.8, 4) is 5.75 Å². The highest BCUT2D eigenvalue weighted by molar-refractivity contribution is 5.93. The molecule has 1 rings (SSSR count). The molecule has 0 bridgehead atoms. The number of hydrogen-bond donors (Lipinski definition) is 2. The lowest BCUT2D eigenvalue weighted by molar-refractivity contribution is -0.274. The van der Waals surface area contributed by atoms with Gasteiger partial charge in [0.25, 0.3) is 5.91 Å². The predicted octanol–water partition coefficient (Wildman–Crippen LogP) is 1.70. The minimum Gasteiger partial charge on any atom is -0.406 e. The van der Waals surface area contributed by atoms with E-state index in [9.17, 15) is 18.0 Å². The molecular formula is C8H6F3NO3. The SMILES string of the molecule is O=C(NO)c1ccc(OC(F)(F)F)cc1. The van der Waals surface area contributed by atoms with Gasteiger partial charge in [0.15, 0.2) is 0 Å². The van der Waals surface area contributed by atoms with Gasteiger partial charge in [-0.3, -0.25) is 10.0 Å². The van der Waals surface area contributed by atoms with Crippen LogP contribution in [0.5, 0.6) is 5.75 Å². The standard InChI is InChI=1S/C8H6F3NO3/c9-8(10,11)15-6-3-1-5(2-4-6)7(13)12-14/h1-4,14H,(H,12,13). The highest BCUT2D eigenvalue weighted by Gasteiger charge is 2.30. The topological polar surface area (TPSA) is 58.6 Å². The molecule has 4 nitrogen and oxygen atoms in total. The number of carbonyl (C=O) groups is 1. The largest absolute Gasteiger partial charge is 0.573 e. The lowest BCUT2D eigenvalue weighted by Crippen LogP contribution is -2.19. The Bertz CT molecular complexity index is 347. The van der Waals surface area contributed by atoms with E-state index in [-0.39, 0.29) is 5.56 Å². The van der Waals surface area contributed by atoms with Gasteiger partial charge in [0, 0.05) is 5.56 Å². The van der Waals surface area contributed by atoms with Crippen molar-refractivity contribution in [2.75, 3.05) is 0 Å². The maximum Gasteiger partial charge on any atom is 0.573 e. The zero-order chi connectivity index (χ0) is 11.5. The first-order valence-corrected chi connectivity index (χ1v) is 3.72. The summed E-state index contributed by atoms with van der Waals surface area (Å²) in [5.41, 5.74) is 1.37. The molecule has 0 heterocycles. The Morgan fingerprint density at radius 3 is 2.20 bits per heavy atom. The molecule has 1 aromatic carbocycles. The van der Waals surface area contributed by atoms with Gasteiger partial charge in [0.2, 0.25) is 0 Å². The van der Waals surface area contributed by atoms with Gasteiger partial charge in [0.05, 0.1) is 0 Å². The van der Waals surface area contributed by atoms with Gasteiger partial charge in [-0.15, -0.1) is 13.2 Å². The number of ether oxygens (including phenoxy) is 1. The first-order valence-electron chi connectivity index (χ1n) is 3.72. The molecule has 7 heteroatoms. The molecule has 0 atom stereocenters. The molecule has 0 fully saturated rings. The molecule has 15 heavy (non-hydrogen) atoms. The first-order chi connectivity index (χ1) is 6.92. The van der Waals surface area contributed by atoms with Crippen LogP contribution in [-0.4, -0.2) is 17.5 Å². The highest BCUT2D eigenvalue weighted by atomic mass is 19.4. The van der Waals surface area contributed by atoms with Crippen molar-refractivity contribution in [3.63, 3.8) is 0 Å². The fourth-order valence-corrected chi connectivity index (χ4v) is 0.873. The molecule has 2 N–H and O–H groups in total. The quantitative estimate of drug-likeness (QED) is 0.590. The van der Waals surface area contributed by atoms with Crippen molar-refractivity contribution in [2.24, 2.45) is 0 Å². The predicted molar refractivity (Wildman–Crippen MR) is 42.4 cm³/mol. The molecule has 1 amide bonds. The van der Waals surface area contributed by atoms with Crippen LogP contribution in [0.25, 0.3) is 0 Å². The van der Waals surface area contributed by atoms with E-state index in [1.165, 1.54) is 5.48 Å². The summed E-state index contributed by atoms with van der Waals surface area (Å²) >= 11 is 0. The third kappa shape index (κ3) is 3.47. The summed E-state index contributed by atoms with van der Waals surface area (Å²) in [5, 5.41) is 8.23. The number of benzene rings is 1. The van der Waals surface area contributed by atoms with Crippen LogP contribution in [0.2, 0.25) is 0 Å². The molecule has 0 saturated carbocycles. The summed E-state index contributed by atoms with van der Waals surface area (Å²) in [6, 6.07) is 4.12.